The van der Waals surface area contributed by atoms with E-state index in [9.17, 15) is 9.59 Å². The molecular formula is C16H21NO4. The molecule has 1 saturated carbocycles. The Bertz CT molecular complexity index is 484. The third-order valence-electron chi connectivity index (χ3n) is 3.64. The van der Waals surface area contributed by atoms with Crippen LogP contribution in [0.3, 0.4) is 0 Å². The summed E-state index contributed by atoms with van der Waals surface area (Å²) >= 11 is 0. The van der Waals surface area contributed by atoms with E-state index in [0.717, 1.165) is 18.4 Å². The fourth-order valence-corrected chi connectivity index (χ4v) is 2.31. The van der Waals surface area contributed by atoms with Gasteiger partial charge in [-0.05, 0) is 17.9 Å². The van der Waals surface area contributed by atoms with Crippen molar-refractivity contribution in [2.45, 2.75) is 31.4 Å². The van der Waals surface area contributed by atoms with Crippen LogP contribution < -0.4 is 5.32 Å². The lowest BCUT2D eigenvalue weighted by molar-refractivity contribution is -0.147. The summed E-state index contributed by atoms with van der Waals surface area (Å²) in [5.41, 5.74) is 0.757. The van der Waals surface area contributed by atoms with Gasteiger partial charge in [0.2, 0.25) is 0 Å². The Hall–Kier alpha value is -1.88. The Labute approximate surface area is 124 Å². The number of amides is 1. The highest BCUT2D eigenvalue weighted by Crippen LogP contribution is 2.33. The van der Waals surface area contributed by atoms with Crippen LogP contribution in [0, 0.1) is 5.92 Å². The summed E-state index contributed by atoms with van der Waals surface area (Å²) < 4.78 is 10.0. The van der Waals surface area contributed by atoms with Gasteiger partial charge in [-0.15, -0.1) is 0 Å². The minimum absolute atomic E-state index is 0.320. The minimum Gasteiger partial charge on any atom is -0.467 e. The Kier molecular flexibility index (Phi) is 5.33. The van der Waals surface area contributed by atoms with Crippen molar-refractivity contribution in [3.8, 4) is 0 Å². The number of carbonyl (C=O) groups is 2. The van der Waals surface area contributed by atoms with Crippen LogP contribution in [0.15, 0.2) is 30.3 Å². The van der Waals surface area contributed by atoms with E-state index < -0.39 is 18.1 Å². The second-order valence-corrected chi connectivity index (χ2v) is 5.29. The van der Waals surface area contributed by atoms with E-state index >= 15 is 0 Å². The molecule has 0 radical (unpaired) electrons. The molecule has 1 aliphatic carbocycles. The van der Waals surface area contributed by atoms with Crippen molar-refractivity contribution in [3.05, 3.63) is 35.9 Å². The molecule has 0 aliphatic heterocycles. The van der Waals surface area contributed by atoms with Gasteiger partial charge in [0.15, 0.2) is 6.10 Å². The van der Waals surface area contributed by atoms with Gasteiger partial charge < -0.3 is 14.8 Å². The molecule has 1 aromatic rings. The summed E-state index contributed by atoms with van der Waals surface area (Å²) in [5.74, 6) is -0.218. The number of hydrogen-bond donors (Lipinski definition) is 1. The molecule has 2 atom stereocenters. The normalized spacial score (nSPS) is 16.9. The number of nitrogens with one attached hydrogen (secondary N) is 1. The largest absolute Gasteiger partial charge is 0.467 e. The molecule has 5 heteroatoms. The molecule has 0 unspecified atom stereocenters. The van der Waals surface area contributed by atoms with Gasteiger partial charge >= 0.3 is 5.97 Å². The molecule has 2 rings (SSSR count). The van der Waals surface area contributed by atoms with Gasteiger partial charge in [0.1, 0.15) is 6.04 Å². The number of hydrogen-bond acceptors (Lipinski definition) is 4. The monoisotopic (exact) mass is 291 g/mol. The maximum Gasteiger partial charge on any atom is 0.328 e. The summed E-state index contributed by atoms with van der Waals surface area (Å²) in [6.07, 6.45) is 2.12. The van der Waals surface area contributed by atoms with Gasteiger partial charge in [-0.1, -0.05) is 43.2 Å². The first-order valence-electron chi connectivity index (χ1n) is 7.11. The summed E-state index contributed by atoms with van der Waals surface area (Å²) in [5, 5.41) is 2.75. The van der Waals surface area contributed by atoms with Crippen molar-refractivity contribution < 1.29 is 19.1 Å². The first kappa shape index (κ1) is 15.5. The second-order valence-electron chi connectivity index (χ2n) is 5.29. The van der Waals surface area contributed by atoms with Crippen LogP contribution in [0.1, 0.15) is 30.9 Å². The van der Waals surface area contributed by atoms with Crippen molar-refractivity contribution in [1.29, 1.82) is 0 Å². The predicted molar refractivity (Wildman–Crippen MR) is 77.5 cm³/mol. The van der Waals surface area contributed by atoms with E-state index in [1.54, 1.807) is 0 Å². The van der Waals surface area contributed by atoms with Gasteiger partial charge in [-0.2, -0.15) is 0 Å². The van der Waals surface area contributed by atoms with Crippen molar-refractivity contribution in [2.75, 3.05) is 14.2 Å². The summed E-state index contributed by atoms with van der Waals surface area (Å²) in [4.78, 5) is 24.1. The number of carbonyl (C=O) groups excluding carboxylic acids is 2. The fraction of sp³-hybridized carbons (Fsp3) is 0.500. The molecule has 1 N–H and O–H groups in total. The minimum atomic E-state index is -0.724. The van der Waals surface area contributed by atoms with Crippen LogP contribution in [-0.2, 0) is 19.1 Å². The zero-order chi connectivity index (χ0) is 15.2. The number of rotatable bonds is 7. The number of ether oxygens (including phenoxy) is 2. The Morgan fingerprint density at radius 2 is 1.90 bits per heavy atom. The molecule has 1 aliphatic rings. The van der Waals surface area contributed by atoms with E-state index in [2.05, 4.69) is 5.32 Å². The van der Waals surface area contributed by atoms with E-state index in [1.165, 1.54) is 14.2 Å². The summed E-state index contributed by atoms with van der Waals surface area (Å²) in [7, 11) is 2.81. The molecule has 1 amide bonds. The Morgan fingerprint density at radius 1 is 1.24 bits per heavy atom. The van der Waals surface area contributed by atoms with Crippen LogP contribution in [0.2, 0.25) is 0 Å². The lowest BCUT2D eigenvalue weighted by atomic mass is 10.1. The topological polar surface area (TPSA) is 64.6 Å². The van der Waals surface area contributed by atoms with Gasteiger partial charge in [0.25, 0.3) is 5.91 Å². The highest BCUT2D eigenvalue weighted by atomic mass is 16.5. The molecule has 5 nitrogen and oxygen atoms in total. The summed E-state index contributed by atoms with van der Waals surface area (Å²) in [6.45, 7) is 0. The van der Waals surface area contributed by atoms with Crippen LogP contribution >= 0.6 is 0 Å². The van der Waals surface area contributed by atoms with E-state index in [0.29, 0.717) is 12.3 Å². The lowest BCUT2D eigenvalue weighted by Gasteiger charge is -2.20. The lowest BCUT2D eigenvalue weighted by Crippen LogP contribution is -2.44. The molecule has 0 saturated heterocycles. The third-order valence-corrected chi connectivity index (χ3v) is 3.64. The smallest absolute Gasteiger partial charge is 0.328 e. The van der Waals surface area contributed by atoms with Gasteiger partial charge in [-0.25, -0.2) is 4.79 Å². The van der Waals surface area contributed by atoms with Crippen molar-refractivity contribution in [2.24, 2.45) is 5.92 Å². The molecule has 1 aromatic carbocycles. The average Bonchev–Trinajstić information content (AvgIpc) is 3.31. The van der Waals surface area contributed by atoms with Crippen LogP contribution in [0.5, 0.6) is 0 Å². The molecule has 0 spiro atoms. The number of benzene rings is 1. The highest BCUT2D eigenvalue weighted by Gasteiger charge is 2.32. The molecule has 21 heavy (non-hydrogen) atoms. The fourth-order valence-electron chi connectivity index (χ4n) is 2.31. The molecule has 0 heterocycles. The average molecular weight is 291 g/mol. The molecule has 1 fully saturated rings. The van der Waals surface area contributed by atoms with Crippen LogP contribution in [-0.4, -0.2) is 32.1 Å². The summed E-state index contributed by atoms with van der Waals surface area (Å²) in [6, 6.07) is 8.60. The van der Waals surface area contributed by atoms with Crippen molar-refractivity contribution >= 4 is 11.9 Å². The van der Waals surface area contributed by atoms with Crippen LogP contribution in [0.25, 0.3) is 0 Å². The zero-order valence-electron chi connectivity index (χ0n) is 12.4. The van der Waals surface area contributed by atoms with Gasteiger partial charge in [0.05, 0.1) is 7.11 Å². The van der Waals surface area contributed by atoms with Gasteiger partial charge in [-0.3, -0.25) is 4.79 Å². The molecule has 114 valence electrons. The Balaban J connectivity index is 2.03. The first-order valence-corrected chi connectivity index (χ1v) is 7.11. The Morgan fingerprint density at radius 3 is 2.43 bits per heavy atom. The molecule has 0 aromatic heterocycles. The van der Waals surface area contributed by atoms with Crippen molar-refractivity contribution in [1.82, 2.24) is 5.32 Å². The van der Waals surface area contributed by atoms with Crippen LogP contribution in [0.4, 0.5) is 0 Å². The maximum atomic E-state index is 12.4. The standard InChI is InChI=1S/C16H21NO4/c1-20-14(12-6-4-3-5-7-12)15(18)17-13(16(19)21-2)10-11-8-9-11/h3-7,11,13-14H,8-10H2,1-2H3,(H,17,18)/t13-,14-/m1/s1. The van der Waals surface area contributed by atoms with E-state index in [-0.39, 0.29) is 5.91 Å². The van der Waals surface area contributed by atoms with E-state index in [1.807, 2.05) is 30.3 Å². The molecule has 0 bridgehead atoms. The maximum absolute atomic E-state index is 12.4. The SMILES string of the molecule is COC(=O)[C@@H](CC1CC1)NC(=O)[C@H](OC)c1ccccc1. The first-order chi connectivity index (χ1) is 10.2. The molecular weight excluding hydrogens is 270 g/mol. The van der Waals surface area contributed by atoms with Gasteiger partial charge in [0, 0.05) is 7.11 Å². The van der Waals surface area contributed by atoms with E-state index in [4.69, 9.17) is 9.47 Å². The quantitative estimate of drug-likeness (QED) is 0.778. The third kappa shape index (κ3) is 4.29. The zero-order valence-corrected chi connectivity index (χ0v) is 12.4. The highest BCUT2D eigenvalue weighted by molar-refractivity contribution is 5.87. The second kappa shape index (κ2) is 7.22. The number of esters is 1. The number of methoxy groups -OCH3 is 2. The van der Waals surface area contributed by atoms with Crippen molar-refractivity contribution in [3.63, 3.8) is 0 Å². The predicted octanol–water partition coefficient (Wildman–Crippen LogP) is 1.83.